The minimum atomic E-state index is -1.04. The van der Waals surface area contributed by atoms with Crippen molar-refractivity contribution in [2.75, 3.05) is 14.2 Å². The molecule has 6 heteroatoms. The number of benzene rings is 1. The maximum atomic E-state index is 11.9. The molecular formula is C16H17NO5. The summed E-state index contributed by atoms with van der Waals surface area (Å²) in [6.45, 7) is 1.78. The summed E-state index contributed by atoms with van der Waals surface area (Å²) in [7, 11) is 3.09. The Hall–Kier alpha value is -2.76. The van der Waals surface area contributed by atoms with Gasteiger partial charge in [-0.05, 0) is 19.1 Å². The summed E-state index contributed by atoms with van der Waals surface area (Å²) in [5.74, 6) is 0.105. The van der Waals surface area contributed by atoms with Crippen molar-refractivity contribution in [3.8, 4) is 17.2 Å². The van der Waals surface area contributed by atoms with Crippen LogP contribution in [-0.4, -0.2) is 29.9 Å². The van der Waals surface area contributed by atoms with Gasteiger partial charge in [-0.25, -0.2) is 0 Å². The number of aryl methyl sites for hydroxylation is 1. The fraction of sp³-hybridized carbons (Fsp3) is 0.250. The Morgan fingerprint density at radius 1 is 1.18 bits per heavy atom. The van der Waals surface area contributed by atoms with Crippen molar-refractivity contribution in [2.24, 2.45) is 0 Å². The molecule has 0 bridgehead atoms. The highest BCUT2D eigenvalue weighted by Crippen LogP contribution is 2.29. The lowest BCUT2D eigenvalue weighted by atomic mass is 10.1. The molecule has 0 amide bonds. The lowest BCUT2D eigenvalue weighted by Gasteiger charge is -2.15. The molecule has 1 heterocycles. The molecule has 0 fully saturated rings. The third-order valence-electron chi connectivity index (χ3n) is 3.31. The third kappa shape index (κ3) is 3.11. The van der Waals surface area contributed by atoms with E-state index in [2.05, 4.69) is 0 Å². The van der Waals surface area contributed by atoms with Crippen LogP contribution in [0, 0.1) is 6.92 Å². The zero-order valence-electron chi connectivity index (χ0n) is 12.6. The number of hydrogen-bond donors (Lipinski definition) is 1. The average Bonchev–Trinajstić information content (AvgIpc) is 2.49. The number of pyridine rings is 1. The molecule has 2 aromatic rings. The fourth-order valence-corrected chi connectivity index (χ4v) is 2.22. The van der Waals surface area contributed by atoms with Crippen LogP contribution in [-0.2, 0) is 11.2 Å². The molecular weight excluding hydrogens is 286 g/mol. The maximum absolute atomic E-state index is 11.9. The molecule has 1 aromatic heterocycles. The number of methoxy groups -OCH3 is 2. The van der Waals surface area contributed by atoms with E-state index in [1.807, 2.05) is 6.07 Å². The van der Waals surface area contributed by atoms with Crippen molar-refractivity contribution >= 4 is 5.97 Å². The van der Waals surface area contributed by atoms with E-state index in [4.69, 9.17) is 14.6 Å². The monoisotopic (exact) mass is 303 g/mol. The van der Waals surface area contributed by atoms with Gasteiger partial charge in [-0.2, -0.15) is 0 Å². The van der Waals surface area contributed by atoms with Crippen molar-refractivity contribution in [3.05, 3.63) is 51.9 Å². The maximum Gasteiger partial charge on any atom is 0.308 e. The first kappa shape index (κ1) is 15.6. The van der Waals surface area contributed by atoms with Gasteiger partial charge in [0.25, 0.3) is 0 Å². The zero-order valence-corrected chi connectivity index (χ0v) is 12.6. The van der Waals surface area contributed by atoms with E-state index < -0.39 is 5.97 Å². The van der Waals surface area contributed by atoms with Crippen LogP contribution in [0.15, 0.2) is 35.3 Å². The molecule has 1 aromatic carbocycles. The molecule has 6 nitrogen and oxygen atoms in total. The van der Waals surface area contributed by atoms with Crippen molar-refractivity contribution in [2.45, 2.75) is 13.3 Å². The van der Waals surface area contributed by atoms with E-state index in [0.29, 0.717) is 17.2 Å². The van der Waals surface area contributed by atoms with Gasteiger partial charge >= 0.3 is 5.97 Å². The van der Waals surface area contributed by atoms with Gasteiger partial charge in [0.2, 0.25) is 0 Å². The molecule has 0 saturated carbocycles. The molecule has 1 N–H and O–H groups in total. The van der Waals surface area contributed by atoms with Crippen molar-refractivity contribution < 1.29 is 19.4 Å². The summed E-state index contributed by atoms with van der Waals surface area (Å²) >= 11 is 0. The highest BCUT2D eigenvalue weighted by atomic mass is 16.5. The van der Waals surface area contributed by atoms with Crippen LogP contribution in [0.2, 0.25) is 0 Å². The number of aliphatic carboxylic acids is 1. The first-order chi connectivity index (χ1) is 10.5. The first-order valence-electron chi connectivity index (χ1n) is 6.62. The van der Waals surface area contributed by atoms with Crippen LogP contribution in [0.5, 0.6) is 11.5 Å². The number of carbonyl (C=O) groups is 1. The molecule has 0 saturated heterocycles. The molecule has 2 rings (SSSR count). The minimum Gasteiger partial charge on any atom is -0.493 e. The van der Waals surface area contributed by atoms with Crippen LogP contribution >= 0.6 is 0 Å². The van der Waals surface area contributed by atoms with Gasteiger partial charge in [-0.3, -0.25) is 9.59 Å². The molecule has 0 unspecified atom stereocenters. The number of aromatic nitrogens is 1. The molecule has 0 spiro atoms. The van der Waals surface area contributed by atoms with Gasteiger partial charge in [0, 0.05) is 35.3 Å². The average molecular weight is 303 g/mol. The summed E-state index contributed by atoms with van der Waals surface area (Å²) in [5, 5.41) is 8.89. The second kappa shape index (κ2) is 6.34. The molecule has 0 aliphatic carbocycles. The van der Waals surface area contributed by atoms with E-state index in [1.165, 1.54) is 13.2 Å². The quantitative estimate of drug-likeness (QED) is 0.911. The topological polar surface area (TPSA) is 77.8 Å². The lowest BCUT2D eigenvalue weighted by Crippen LogP contribution is -2.17. The second-order valence-electron chi connectivity index (χ2n) is 4.78. The number of carboxylic acid groups (broad SMARTS) is 1. The number of nitrogens with zero attached hydrogens (tertiary/aromatic N) is 1. The predicted molar refractivity (Wildman–Crippen MR) is 81.2 cm³/mol. The normalized spacial score (nSPS) is 10.3. The smallest absolute Gasteiger partial charge is 0.308 e. The fourth-order valence-electron chi connectivity index (χ4n) is 2.22. The van der Waals surface area contributed by atoms with Gasteiger partial charge in [-0.1, -0.05) is 0 Å². The Balaban J connectivity index is 2.56. The largest absolute Gasteiger partial charge is 0.493 e. The van der Waals surface area contributed by atoms with E-state index in [1.54, 1.807) is 36.9 Å². The molecule has 0 aliphatic rings. The van der Waals surface area contributed by atoms with Crippen LogP contribution in [0.3, 0.4) is 0 Å². The standard InChI is InChI=1S/C16H17NO5/c1-10-6-13(18)11(7-16(19)20)9-17(10)12-4-5-14(21-2)15(8-12)22-3/h4-6,8-9H,7H2,1-3H3,(H,19,20). The molecule has 0 atom stereocenters. The Labute approximate surface area is 127 Å². The van der Waals surface area contributed by atoms with Crippen molar-refractivity contribution in [3.63, 3.8) is 0 Å². The lowest BCUT2D eigenvalue weighted by molar-refractivity contribution is -0.136. The summed E-state index contributed by atoms with van der Waals surface area (Å²) in [5.41, 5.74) is 1.40. The van der Waals surface area contributed by atoms with E-state index in [-0.39, 0.29) is 17.4 Å². The zero-order chi connectivity index (χ0) is 16.3. The summed E-state index contributed by atoms with van der Waals surface area (Å²) in [4.78, 5) is 22.7. The van der Waals surface area contributed by atoms with E-state index in [9.17, 15) is 9.59 Å². The number of carboxylic acids is 1. The van der Waals surface area contributed by atoms with Crippen LogP contribution in [0.25, 0.3) is 5.69 Å². The minimum absolute atomic E-state index is 0.230. The third-order valence-corrected chi connectivity index (χ3v) is 3.31. The number of hydrogen-bond acceptors (Lipinski definition) is 4. The second-order valence-corrected chi connectivity index (χ2v) is 4.78. The highest BCUT2D eigenvalue weighted by molar-refractivity contribution is 5.70. The van der Waals surface area contributed by atoms with Crippen LogP contribution in [0.1, 0.15) is 11.3 Å². The Bertz CT molecular complexity index is 764. The first-order valence-corrected chi connectivity index (χ1v) is 6.62. The summed E-state index contributed by atoms with van der Waals surface area (Å²) in [6.07, 6.45) is 1.24. The molecule has 22 heavy (non-hydrogen) atoms. The number of rotatable bonds is 5. The van der Waals surface area contributed by atoms with Gasteiger partial charge in [0.15, 0.2) is 16.9 Å². The van der Waals surface area contributed by atoms with Crippen LogP contribution in [0.4, 0.5) is 0 Å². The van der Waals surface area contributed by atoms with Crippen molar-refractivity contribution in [1.82, 2.24) is 4.57 Å². The summed E-state index contributed by atoms with van der Waals surface area (Å²) in [6, 6.07) is 6.75. The molecule has 116 valence electrons. The van der Waals surface area contributed by atoms with Gasteiger partial charge in [0.05, 0.1) is 20.6 Å². The SMILES string of the molecule is COc1ccc(-n2cc(CC(=O)O)c(=O)cc2C)cc1OC. The van der Waals surface area contributed by atoms with Gasteiger partial charge in [0.1, 0.15) is 0 Å². The molecule has 0 radical (unpaired) electrons. The Kier molecular flexibility index (Phi) is 4.50. The summed E-state index contributed by atoms with van der Waals surface area (Å²) < 4.78 is 12.2. The number of ether oxygens (including phenoxy) is 2. The Morgan fingerprint density at radius 2 is 1.86 bits per heavy atom. The Morgan fingerprint density at radius 3 is 2.45 bits per heavy atom. The van der Waals surface area contributed by atoms with Gasteiger partial charge in [-0.15, -0.1) is 0 Å². The molecule has 0 aliphatic heterocycles. The van der Waals surface area contributed by atoms with E-state index in [0.717, 1.165) is 5.69 Å². The van der Waals surface area contributed by atoms with E-state index >= 15 is 0 Å². The van der Waals surface area contributed by atoms with Gasteiger partial charge < -0.3 is 19.1 Å². The highest BCUT2D eigenvalue weighted by Gasteiger charge is 2.11. The predicted octanol–water partition coefficient (Wildman–Crippen LogP) is 1.79. The van der Waals surface area contributed by atoms with Crippen molar-refractivity contribution in [1.29, 1.82) is 0 Å². The van der Waals surface area contributed by atoms with Crippen LogP contribution < -0.4 is 14.9 Å².